The van der Waals surface area contributed by atoms with E-state index < -0.39 is 0 Å². The summed E-state index contributed by atoms with van der Waals surface area (Å²) in [5.41, 5.74) is 3.74. The third-order valence-electron chi connectivity index (χ3n) is 4.19. The summed E-state index contributed by atoms with van der Waals surface area (Å²) >= 11 is 0. The van der Waals surface area contributed by atoms with E-state index in [0.29, 0.717) is 0 Å². The Hall–Kier alpha value is -2.15. The van der Waals surface area contributed by atoms with Crippen LogP contribution in [0.15, 0.2) is 60.8 Å². The first kappa shape index (κ1) is 14.8. The Bertz CT molecular complexity index is 740. The van der Waals surface area contributed by atoms with Crippen LogP contribution in [0.3, 0.4) is 0 Å². The molecule has 0 amide bonds. The minimum Gasteiger partial charge on any atom is -0.256 e. The number of unbranched alkanes of at least 4 members (excludes halogenated alkanes) is 3. The van der Waals surface area contributed by atoms with Crippen molar-refractivity contribution in [3.05, 3.63) is 66.4 Å². The van der Waals surface area contributed by atoms with E-state index in [-0.39, 0.29) is 0 Å². The molecule has 0 spiro atoms. The van der Waals surface area contributed by atoms with Gasteiger partial charge in [0.2, 0.25) is 0 Å². The van der Waals surface area contributed by atoms with Crippen LogP contribution in [0.2, 0.25) is 0 Å². The van der Waals surface area contributed by atoms with Crippen molar-refractivity contribution >= 4 is 10.8 Å². The van der Waals surface area contributed by atoms with E-state index in [0.717, 1.165) is 5.69 Å². The fraction of sp³-hybridized carbons (Fsp3) is 0.286. The second-order valence-corrected chi connectivity index (χ2v) is 5.89. The molecule has 1 aromatic heterocycles. The van der Waals surface area contributed by atoms with Gasteiger partial charge in [-0.15, -0.1) is 0 Å². The Labute approximate surface area is 133 Å². The van der Waals surface area contributed by atoms with Gasteiger partial charge in [-0.05, 0) is 35.9 Å². The molecule has 0 aliphatic heterocycles. The van der Waals surface area contributed by atoms with Crippen LogP contribution >= 0.6 is 0 Å². The molecule has 0 saturated carbocycles. The maximum atomic E-state index is 4.63. The number of hydrogen-bond donors (Lipinski definition) is 0. The van der Waals surface area contributed by atoms with E-state index in [1.165, 1.54) is 54.0 Å². The number of fused-ring (bicyclic) bond motifs is 1. The quantitative estimate of drug-likeness (QED) is 0.505. The van der Waals surface area contributed by atoms with Gasteiger partial charge in [-0.1, -0.05) is 68.7 Å². The first-order valence-electron chi connectivity index (χ1n) is 8.31. The lowest BCUT2D eigenvalue weighted by Gasteiger charge is -2.08. The molecule has 0 saturated heterocycles. The summed E-state index contributed by atoms with van der Waals surface area (Å²) in [5.74, 6) is 0. The average molecular weight is 289 g/mol. The second kappa shape index (κ2) is 7.22. The molecular weight excluding hydrogens is 266 g/mol. The van der Waals surface area contributed by atoms with Crippen LogP contribution in [0.25, 0.3) is 22.0 Å². The molecule has 2 aromatic carbocycles. The molecule has 1 heteroatoms. The smallest absolute Gasteiger partial charge is 0.0780 e. The van der Waals surface area contributed by atoms with Gasteiger partial charge >= 0.3 is 0 Å². The third kappa shape index (κ3) is 3.36. The highest BCUT2D eigenvalue weighted by atomic mass is 14.7. The van der Waals surface area contributed by atoms with Gasteiger partial charge in [-0.2, -0.15) is 0 Å². The van der Waals surface area contributed by atoms with Crippen LogP contribution in [0.5, 0.6) is 0 Å². The average Bonchev–Trinajstić information content (AvgIpc) is 2.58. The van der Waals surface area contributed by atoms with E-state index in [4.69, 9.17) is 0 Å². The molecule has 0 bridgehead atoms. The first-order valence-corrected chi connectivity index (χ1v) is 8.31. The Kier molecular flexibility index (Phi) is 4.85. The van der Waals surface area contributed by atoms with Gasteiger partial charge in [-0.25, -0.2) is 0 Å². The van der Waals surface area contributed by atoms with Crippen LogP contribution in [-0.4, -0.2) is 4.98 Å². The third-order valence-corrected chi connectivity index (χ3v) is 4.19. The topological polar surface area (TPSA) is 12.9 Å². The van der Waals surface area contributed by atoms with Crippen LogP contribution in [0.4, 0.5) is 0 Å². The molecule has 0 aliphatic carbocycles. The predicted molar refractivity (Wildman–Crippen MR) is 95.0 cm³/mol. The summed E-state index contributed by atoms with van der Waals surface area (Å²) in [4.78, 5) is 4.63. The maximum Gasteiger partial charge on any atom is 0.0780 e. The van der Waals surface area contributed by atoms with Crippen molar-refractivity contribution in [3.8, 4) is 11.3 Å². The highest BCUT2D eigenvalue weighted by Crippen LogP contribution is 2.27. The Morgan fingerprint density at radius 2 is 1.77 bits per heavy atom. The lowest BCUT2D eigenvalue weighted by molar-refractivity contribution is 0.667. The predicted octanol–water partition coefficient (Wildman–Crippen LogP) is 6.02. The normalized spacial score (nSPS) is 11.0. The zero-order chi connectivity index (χ0) is 15.2. The van der Waals surface area contributed by atoms with E-state index >= 15 is 0 Å². The number of aromatic nitrogens is 1. The van der Waals surface area contributed by atoms with Gasteiger partial charge in [0, 0.05) is 17.1 Å². The molecule has 0 atom stereocenters. The fourth-order valence-corrected chi connectivity index (χ4v) is 2.98. The SMILES string of the molecule is CCCCCCc1cccc(-c2nccc3ccccc23)c1. The molecule has 0 N–H and O–H groups in total. The Balaban J connectivity index is 1.87. The van der Waals surface area contributed by atoms with Crippen molar-refractivity contribution in [1.82, 2.24) is 4.98 Å². The zero-order valence-electron chi connectivity index (χ0n) is 13.3. The van der Waals surface area contributed by atoms with Gasteiger partial charge in [0.25, 0.3) is 0 Å². The fourth-order valence-electron chi connectivity index (χ4n) is 2.98. The molecule has 1 heterocycles. The summed E-state index contributed by atoms with van der Waals surface area (Å²) < 4.78 is 0. The number of aryl methyl sites for hydroxylation is 1. The summed E-state index contributed by atoms with van der Waals surface area (Å²) in [6.07, 6.45) is 8.31. The molecule has 3 aromatic rings. The Morgan fingerprint density at radius 1 is 0.864 bits per heavy atom. The van der Waals surface area contributed by atoms with E-state index in [1.807, 2.05) is 6.20 Å². The van der Waals surface area contributed by atoms with Gasteiger partial charge < -0.3 is 0 Å². The van der Waals surface area contributed by atoms with Crippen LogP contribution in [0.1, 0.15) is 38.2 Å². The molecule has 1 nitrogen and oxygen atoms in total. The minimum absolute atomic E-state index is 1.09. The molecule has 0 radical (unpaired) electrons. The number of benzene rings is 2. The first-order chi connectivity index (χ1) is 10.9. The number of nitrogens with zero attached hydrogens (tertiary/aromatic N) is 1. The number of pyridine rings is 1. The van der Waals surface area contributed by atoms with Gasteiger partial charge in [0.1, 0.15) is 0 Å². The van der Waals surface area contributed by atoms with Crippen molar-refractivity contribution in [2.24, 2.45) is 0 Å². The lowest BCUT2D eigenvalue weighted by Crippen LogP contribution is -1.90. The second-order valence-electron chi connectivity index (χ2n) is 5.89. The summed E-state index contributed by atoms with van der Waals surface area (Å²) in [6.45, 7) is 2.26. The highest BCUT2D eigenvalue weighted by molar-refractivity contribution is 5.94. The van der Waals surface area contributed by atoms with E-state index in [9.17, 15) is 0 Å². The molecule has 22 heavy (non-hydrogen) atoms. The van der Waals surface area contributed by atoms with E-state index in [1.54, 1.807) is 0 Å². The molecule has 112 valence electrons. The van der Waals surface area contributed by atoms with Gasteiger partial charge in [-0.3, -0.25) is 4.98 Å². The van der Waals surface area contributed by atoms with Crippen molar-refractivity contribution < 1.29 is 0 Å². The molecular formula is C21H23N. The number of hydrogen-bond acceptors (Lipinski definition) is 1. The van der Waals surface area contributed by atoms with Crippen LogP contribution in [0, 0.1) is 0 Å². The molecule has 3 rings (SSSR count). The molecule has 0 fully saturated rings. The summed E-state index contributed by atoms with van der Waals surface area (Å²) in [7, 11) is 0. The van der Waals surface area contributed by atoms with Crippen molar-refractivity contribution in [1.29, 1.82) is 0 Å². The summed E-state index contributed by atoms with van der Waals surface area (Å²) in [5, 5.41) is 2.48. The van der Waals surface area contributed by atoms with Crippen LogP contribution in [-0.2, 0) is 6.42 Å². The van der Waals surface area contributed by atoms with Crippen LogP contribution < -0.4 is 0 Å². The molecule has 0 unspecified atom stereocenters. The summed E-state index contributed by atoms with van der Waals surface area (Å²) in [6, 6.07) is 19.4. The monoisotopic (exact) mass is 289 g/mol. The van der Waals surface area contributed by atoms with E-state index in [2.05, 4.69) is 66.5 Å². The maximum absolute atomic E-state index is 4.63. The van der Waals surface area contributed by atoms with Crippen molar-refractivity contribution in [2.75, 3.05) is 0 Å². The lowest BCUT2D eigenvalue weighted by atomic mass is 10.00. The molecule has 0 aliphatic rings. The van der Waals surface area contributed by atoms with Crippen molar-refractivity contribution in [3.63, 3.8) is 0 Å². The minimum atomic E-state index is 1.09. The zero-order valence-corrected chi connectivity index (χ0v) is 13.3. The number of rotatable bonds is 6. The van der Waals surface area contributed by atoms with Crippen molar-refractivity contribution in [2.45, 2.75) is 39.0 Å². The van der Waals surface area contributed by atoms with Gasteiger partial charge in [0.15, 0.2) is 0 Å². The largest absolute Gasteiger partial charge is 0.256 e. The van der Waals surface area contributed by atoms with Gasteiger partial charge in [0.05, 0.1) is 5.69 Å². The highest BCUT2D eigenvalue weighted by Gasteiger charge is 2.05. The Morgan fingerprint density at radius 3 is 2.68 bits per heavy atom. The standard InChI is InChI=1S/C21H23N/c1-2-3-4-5-9-17-10-8-12-19(16-17)21-20-13-7-6-11-18(20)14-15-22-21/h6-8,10-16H,2-5,9H2,1H3.